The summed E-state index contributed by atoms with van der Waals surface area (Å²) in [6, 6.07) is 13.5. The number of carbonyl (C=O) groups excluding carboxylic acids is 1. The third-order valence-electron chi connectivity index (χ3n) is 5.15. The molecule has 1 aliphatic heterocycles. The van der Waals surface area contributed by atoms with Crippen molar-refractivity contribution in [3.05, 3.63) is 58.6 Å². The monoisotopic (exact) mass is 461 g/mol. The van der Waals surface area contributed by atoms with Gasteiger partial charge in [-0.25, -0.2) is 8.42 Å². The van der Waals surface area contributed by atoms with E-state index in [1.54, 1.807) is 23.1 Å². The van der Waals surface area contributed by atoms with Gasteiger partial charge in [-0.2, -0.15) is 9.57 Å². The van der Waals surface area contributed by atoms with Crippen LogP contribution in [-0.4, -0.2) is 56.3 Å². The highest BCUT2D eigenvalue weighted by molar-refractivity contribution is 7.89. The van der Waals surface area contributed by atoms with E-state index in [4.69, 9.17) is 16.3 Å². The summed E-state index contributed by atoms with van der Waals surface area (Å²) < 4.78 is 32.8. The predicted octanol–water partition coefficient (Wildman–Crippen LogP) is 3.21. The number of hydrogen-bond donors (Lipinski definition) is 0. The number of piperazine rings is 1. The number of rotatable bonds is 7. The second kappa shape index (κ2) is 10.1. The molecule has 7 nitrogen and oxygen atoms in total. The minimum absolute atomic E-state index is 0.00641. The standard InChI is InChI=1S/C22H24ClN3O4S/c1-17-15-19(23)8-9-20(17)30-14-4-7-22(27)25-10-12-26(13-11-25)31(28,29)21-6-3-2-5-18(21)16-24/h2-3,5-6,8-9,15H,4,7,10-14H2,1H3. The molecule has 0 bridgehead atoms. The van der Waals surface area contributed by atoms with Crippen LogP contribution in [0, 0.1) is 18.3 Å². The van der Waals surface area contributed by atoms with E-state index in [-0.39, 0.29) is 29.5 Å². The van der Waals surface area contributed by atoms with Crippen LogP contribution in [0.15, 0.2) is 47.4 Å². The van der Waals surface area contributed by atoms with Crippen LogP contribution in [0.3, 0.4) is 0 Å². The van der Waals surface area contributed by atoms with Crippen molar-refractivity contribution >= 4 is 27.5 Å². The number of carbonyl (C=O) groups is 1. The second-order valence-corrected chi connectivity index (χ2v) is 9.60. The smallest absolute Gasteiger partial charge is 0.244 e. The lowest BCUT2D eigenvalue weighted by Gasteiger charge is -2.34. The summed E-state index contributed by atoms with van der Waals surface area (Å²) in [6.45, 7) is 3.37. The number of nitriles is 1. The molecule has 0 aliphatic carbocycles. The second-order valence-electron chi connectivity index (χ2n) is 7.25. The van der Waals surface area contributed by atoms with Gasteiger partial charge in [-0.1, -0.05) is 23.7 Å². The average molecular weight is 462 g/mol. The number of nitrogens with zero attached hydrogens (tertiary/aromatic N) is 3. The molecule has 1 amide bonds. The molecule has 9 heteroatoms. The predicted molar refractivity (Wildman–Crippen MR) is 117 cm³/mol. The van der Waals surface area contributed by atoms with E-state index in [0.29, 0.717) is 37.6 Å². The van der Waals surface area contributed by atoms with Crippen LogP contribution < -0.4 is 4.74 Å². The van der Waals surface area contributed by atoms with Gasteiger partial charge in [0.15, 0.2) is 0 Å². The van der Waals surface area contributed by atoms with Crippen molar-refractivity contribution in [1.29, 1.82) is 5.26 Å². The zero-order chi connectivity index (χ0) is 22.4. The molecule has 0 atom stereocenters. The molecule has 1 aliphatic rings. The maximum atomic E-state index is 12.9. The van der Waals surface area contributed by atoms with Gasteiger partial charge in [0.25, 0.3) is 0 Å². The third-order valence-corrected chi connectivity index (χ3v) is 7.34. The lowest BCUT2D eigenvalue weighted by Crippen LogP contribution is -2.50. The summed E-state index contributed by atoms with van der Waals surface area (Å²) in [4.78, 5) is 14.2. The molecule has 2 aromatic rings. The number of amides is 1. The van der Waals surface area contributed by atoms with Gasteiger partial charge >= 0.3 is 0 Å². The minimum atomic E-state index is -3.77. The van der Waals surface area contributed by atoms with Gasteiger partial charge < -0.3 is 9.64 Å². The Morgan fingerprint density at radius 3 is 2.55 bits per heavy atom. The highest BCUT2D eigenvalue weighted by Gasteiger charge is 2.31. The van der Waals surface area contributed by atoms with E-state index in [1.165, 1.54) is 16.4 Å². The van der Waals surface area contributed by atoms with Crippen molar-refractivity contribution in [2.24, 2.45) is 0 Å². The summed E-state index contributed by atoms with van der Waals surface area (Å²) in [5, 5.41) is 9.85. The topological polar surface area (TPSA) is 90.7 Å². The van der Waals surface area contributed by atoms with E-state index in [9.17, 15) is 18.5 Å². The number of sulfonamides is 1. The van der Waals surface area contributed by atoms with E-state index in [1.807, 2.05) is 25.1 Å². The highest BCUT2D eigenvalue weighted by Crippen LogP contribution is 2.23. The molecular weight excluding hydrogens is 438 g/mol. The fourth-order valence-electron chi connectivity index (χ4n) is 3.44. The number of ether oxygens (including phenoxy) is 1. The Morgan fingerprint density at radius 1 is 1.16 bits per heavy atom. The van der Waals surface area contributed by atoms with Crippen LogP contribution in [0.25, 0.3) is 0 Å². The summed E-state index contributed by atoms with van der Waals surface area (Å²) in [5.41, 5.74) is 1.06. The van der Waals surface area contributed by atoms with Crippen LogP contribution in [-0.2, 0) is 14.8 Å². The van der Waals surface area contributed by atoms with Crippen molar-refractivity contribution in [3.8, 4) is 11.8 Å². The molecule has 1 saturated heterocycles. The number of halogens is 1. The van der Waals surface area contributed by atoms with E-state index in [2.05, 4.69) is 0 Å². The summed E-state index contributed by atoms with van der Waals surface area (Å²) in [7, 11) is -3.77. The fourth-order valence-corrected chi connectivity index (χ4v) is 5.23. The van der Waals surface area contributed by atoms with Gasteiger partial charge in [0, 0.05) is 37.6 Å². The van der Waals surface area contributed by atoms with Crippen molar-refractivity contribution in [2.45, 2.75) is 24.7 Å². The Kier molecular flexibility index (Phi) is 7.55. The summed E-state index contributed by atoms with van der Waals surface area (Å²) >= 11 is 5.93. The summed E-state index contributed by atoms with van der Waals surface area (Å²) in [5.74, 6) is 0.722. The average Bonchev–Trinajstić information content (AvgIpc) is 2.77. The first-order chi connectivity index (χ1) is 14.8. The summed E-state index contributed by atoms with van der Waals surface area (Å²) in [6.07, 6.45) is 0.894. The first-order valence-electron chi connectivity index (χ1n) is 9.99. The number of aryl methyl sites for hydroxylation is 1. The minimum Gasteiger partial charge on any atom is -0.493 e. The van der Waals surface area contributed by atoms with Crippen molar-refractivity contribution < 1.29 is 17.9 Å². The van der Waals surface area contributed by atoms with Gasteiger partial charge in [-0.15, -0.1) is 0 Å². The van der Waals surface area contributed by atoms with E-state index in [0.717, 1.165) is 11.3 Å². The van der Waals surface area contributed by atoms with Crippen LogP contribution in [0.4, 0.5) is 0 Å². The van der Waals surface area contributed by atoms with Crippen LogP contribution >= 0.6 is 11.6 Å². The van der Waals surface area contributed by atoms with E-state index >= 15 is 0 Å². The zero-order valence-corrected chi connectivity index (χ0v) is 18.8. The molecule has 1 fully saturated rings. The molecule has 2 aromatic carbocycles. The molecule has 0 saturated carbocycles. The van der Waals surface area contributed by atoms with Gasteiger partial charge in [-0.3, -0.25) is 4.79 Å². The Morgan fingerprint density at radius 2 is 1.87 bits per heavy atom. The Labute approximate surface area is 187 Å². The molecular formula is C22H24ClN3O4S. The lowest BCUT2D eigenvalue weighted by molar-refractivity contribution is -0.132. The SMILES string of the molecule is Cc1cc(Cl)ccc1OCCCC(=O)N1CCN(S(=O)(=O)c2ccccc2C#N)CC1. The normalized spacial score (nSPS) is 14.8. The largest absolute Gasteiger partial charge is 0.493 e. The first kappa shape index (κ1) is 23.1. The molecule has 0 N–H and O–H groups in total. The molecule has 31 heavy (non-hydrogen) atoms. The van der Waals surface area contributed by atoms with Crippen LogP contribution in [0.1, 0.15) is 24.0 Å². The third kappa shape index (κ3) is 5.56. The quantitative estimate of drug-likeness (QED) is 0.590. The first-order valence-corrected chi connectivity index (χ1v) is 11.8. The van der Waals surface area contributed by atoms with Crippen LogP contribution in [0.2, 0.25) is 5.02 Å². The van der Waals surface area contributed by atoms with Crippen molar-refractivity contribution in [1.82, 2.24) is 9.21 Å². The van der Waals surface area contributed by atoms with Crippen molar-refractivity contribution in [2.75, 3.05) is 32.8 Å². The zero-order valence-electron chi connectivity index (χ0n) is 17.3. The maximum absolute atomic E-state index is 12.9. The molecule has 0 spiro atoms. The maximum Gasteiger partial charge on any atom is 0.244 e. The lowest BCUT2D eigenvalue weighted by atomic mass is 10.2. The van der Waals surface area contributed by atoms with Crippen LogP contribution in [0.5, 0.6) is 5.75 Å². The van der Waals surface area contributed by atoms with Crippen molar-refractivity contribution in [3.63, 3.8) is 0 Å². The molecule has 0 unspecified atom stereocenters. The van der Waals surface area contributed by atoms with E-state index < -0.39 is 10.0 Å². The molecule has 164 valence electrons. The number of hydrogen-bond acceptors (Lipinski definition) is 5. The fraction of sp³-hybridized carbons (Fsp3) is 0.364. The Hall–Kier alpha value is -2.60. The Bertz CT molecular complexity index is 1090. The number of benzene rings is 2. The Balaban J connectivity index is 1.48. The van der Waals surface area contributed by atoms with Gasteiger partial charge in [0.05, 0.1) is 17.1 Å². The molecule has 1 heterocycles. The molecule has 3 rings (SSSR count). The van der Waals surface area contributed by atoms with Gasteiger partial charge in [0.2, 0.25) is 15.9 Å². The van der Waals surface area contributed by atoms with Gasteiger partial charge in [0.1, 0.15) is 11.8 Å². The highest BCUT2D eigenvalue weighted by atomic mass is 35.5. The van der Waals surface area contributed by atoms with Gasteiger partial charge in [-0.05, 0) is 49.2 Å². The molecule has 0 radical (unpaired) electrons. The molecule has 0 aromatic heterocycles.